The zero-order valence-corrected chi connectivity index (χ0v) is 14.7. The topological polar surface area (TPSA) is 0 Å². The van der Waals surface area contributed by atoms with Gasteiger partial charge in [0, 0.05) is 0 Å². The van der Waals surface area contributed by atoms with Crippen LogP contribution in [-0.2, 0) is 0 Å². The van der Waals surface area contributed by atoms with Gasteiger partial charge >= 0.3 is 117 Å². The molecule has 0 radical (unpaired) electrons. The Bertz CT molecular complexity index is 178. The third kappa shape index (κ3) is 12.8. The van der Waals surface area contributed by atoms with E-state index in [9.17, 15) is 0 Å². The summed E-state index contributed by atoms with van der Waals surface area (Å²) in [5.41, 5.74) is 1.02. The molecule has 0 fully saturated rings. The van der Waals surface area contributed by atoms with E-state index in [1.54, 1.807) is 0 Å². The second kappa shape index (κ2) is 7.20. The second-order valence-corrected chi connectivity index (χ2v) is 10.0. The first kappa shape index (κ1) is 17.5. The molecule has 0 aromatic carbocycles. The second-order valence-electron chi connectivity index (χ2n) is 8.50. The SMILES string of the molecule is CC([CH2][Al+][CH2]C(C)CC(C)(C)C)CC(C)(C)C.[H-]. The molecule has 0 nitrogen and oxygen atoms in total. The van der Waals surface area contributed by atoms with Crippen LogP contribution < -0.4 is 0 Å². The minimum atomic E-state index is 0. The average Bonchev–Trinajstić information content (AvgIpc) is 1.95. The van der Waals surface area contributed by atoms with Gasteiger partial charge in [0.25, 0.3) is 0 Å². The number of hydrogen-bond donors (Lipinski definition) is 0. The molecule has 0 heterocycles. The summed E-state index contributed by atoms with van der Waals surface area (Å²) in [7, 11) is 0. The Morgan fingerprint density at radius 1 is 0.765 bits per heavy atom. The Morgan fingerprint density at radius 3 is 1.29 bits per heavy atom. The van der Waals surface area contributed by atoms with Gasteiger partial charge in [-0.25, -0.2) is 0 Å². The smallest absolute Gasteiger partial charge is 1.00 e. The maximum atomic E-state index is 2.44. The quantitative estimate of drug-likeness (QED) is 0.527. The van der Waals surface area contributed by atoms with Gasteiger partial charge in [-0.3, -0.25) is 0 Å². The van der Waals surface area contributed by atoms with Crippen molar-refractivity contribution in [3.63, 3.8) is 0 Å². The first-order valence-corrected chi connectivity index (χ1v) is 8.94. The Morgan fingerprint density at radius 2 is 1.06 bits per heavy atom. The molecule has 0 aliphatic rings. The standard InChI is InChI=1S/2C8H17.Al.H/c2*1-7(2)6-8(3,4)5;;/h2*7H,1,6H2,2-5H3;;/q;;+1;-1. The normalized spacial score (nSPS) is 16.5. The van der Waals surface area contributed by atoms with E-state index in [4.69, 9.17) is 0 Å². The number of rotatable bonds is 6. The van der Waals surface area contributed by atoms with E-state index in [0.29, 0.717) is 26.0 Å². The summed E-state index contributed by atoms with van der Waals surface area (Å²) in [6.45, 7) is 19.0. The van der Waals surface area contributed by atoms with E-state index in [0.717, 1.165) is 11.8 Å². The zero-order chi connectivity index (χ0) is 13.7. The molecule has 0 N–H and O–H groups in total. The van der Waals surface area contributed by atoms with Crippen molar-refractivity contribution in [2.45, 2.75) is 78.8 Å². The van der Waals surface area contributed by atoms with E-state index in [1.165, 1.54) is 23.4 Å². The van der Waals surface area contributed by atoms with Crippen LogP contribution in [0.3, 0.4) is 0 Å². The summed E-state index contributed by atoms with van der Waals surface area (Å²) in [5, 5.41) is 2.98. The maximum absolute atomic E-state index is 2.44. The van der Waals surface area contributed by atoms with Crippen molar-refractivity contribution in [3.8, 4) is 0 Å². The van der Waals surface area contributed by atoms with Gasteiger partial charge in [0.15, 0.2) is 0 Å². The molecule has 102 valence electrons. The molecular weight excluding hydrogens is 219 g/mol. The molecule has 0 saturated heterocycles. The van der Waals surface area contributed by atoms with Crippen LogP contribution in [0, 0.1) is 22.7 Å². The largest absolute Gasteiger partial charge is 1.00 e. The van der Waals surface area contributed by atoms with Crippen molar-refractivity contribution in [3.05, 3.63) is 0 Å². The van der Waals surface area contributed by atoms with E-state index >= 15 is 0 Å². The van der Waals surface area contributed by atoms with Gasteiger partial charge in [-0.2, -0.15) is 0 Å². The molecule has 0 amide bonds. The van der Waals surface area contributed by atoms with Crippen LogP contribution in [0.25, 0.3) is 0 Å². The number of hydrogen-bond acceptors (Lipinski definition) is 0. The first-order chi connectivity index (χ1) is 7.49. The van der Waals surface area contributed by atoms with Crippen molar-refractivity contribution < 1.29 is 1.43 Å². The summed E-state index contributed by atoms with van der Waals surface area (Å²) in [6.07, 6.45) is 2.77. The molecule has 2 atom stereocenters. The molecule has 0 aromatic rings. The van der Waals surface area contributed by atoms with Crippen LogP contribution in [0.15, 0.2) is 0 Å². The molecule has 0 aromatic heterocycles. The van der Waals surface area contributed by atoms with E-state index in [-0.39, 0.29) is 1.43 Å². The van der Waals surface area contributed by atoms with Crippen LogP contribution in [0.4, 0.5) is 0 Å². The van der Waals surface area contributed by atoms with Gasteiger partial charge in [-0.05, 0) is 0 Å². The molecular formula is C16H35Al. The van der Waals surface area contributed by atoms with Crippen LogP contribution >= 0.6 is 0 Å². The van der Waals surface area contributed by atoms with Crippen molar-refractivity contribution in [1.29, 1.82) is 0 Å². The van der Waals surface area contributed by atoms with Crippen LogP contribution in [0.5, 0.6) is 0 Å². The van der Waals surface area contributed by atoms with Gasteiger partial charge in [0.1, 0.15) is 0 Å². The van der Waals surface area contributed by atoms with Gasteiger partial charge in [0.2, 0.25) is 0 Å². The third-order valence-electron chi connectivity index (χ3n) is 3.06. The summed E-state index contributed by atoms with van der Waals surface area (Å²) in [5.74, 6) is 1.85. The minimum absolute atomic E-state index is 0. The fourth-order valence-electron chi connectivity index (χ4n) is 2.92. The predicted molar refractivity (Wildman–Crippen MR) is 83.0 cm³/mol. The maximum Gasteiger partial charge on any atom is -1.00 e. The molecule has 0 aliphatic heterocycles. The summed E-state index contributed by atoms with van der Waals surface area (Å²) in [4.78, 5) is 0. The van der Waals surface area contributed by atoms with E-state index in [1.807, 2.05) is 0 Å². The molecule has 0 spiro atoms. The molecule has 1 heteroatoms. The Labute approximate surface area is 118 Å². The molecule has 17 heavy (non-hydrogen) atoms. The first-order valence-electron chi connectivity index (χ1n) is 7.31. The van der Waals surface area contributed by atoms with E-state index < -0.39 is 0 Å². The molecule has 0 saturated carbocycles. The molecule has 0 bridgehead atoms. The van der Waals surface area contributed by atoms with Gasteiger partial charge in [-0.1, -0.05) is 0 Å². The van der Waals surface area contributed by atoms with Crippen LogP contribution in [-0.4, -0.2) is 15.2 Å². The summed E-state index contributed by atoms with van der Waals surface area (Å²) >= 11 is 0.672. The summed E-state index contributed by atoms with van der Waals surface area (Å²) in [6, 6.07) is 0. The van der Waals surface area contributed by atoms with Crippen LogP contribution in [0.1, 0.15) is 69.7 Å². The van der Waals surface area contributed by atoms with Crippen molar-refractivity contribution in [2.24, 2.45) is 22.7 Å². The molecule has 2 unspecified atom stereocenters. The summed E-state index contributed by atoms with van der Waals surface area (Å²) < 4.78 is 0. The fraction of sp³-hybridized carbons (Fsp3) is 1.00. The molecule has 0 rings (SSSR count). The van der Waals surface area contributed by atoms with Crippen molar-refractivity contribution in [1.82, 2.24) is 0 Å². The Balaban J connectivity index is 0. The molecule has 0 aliphatic carbocycles. The Kier molecular flexibility index (Phi) is 7.43. The third-order valence-corrected chi connectivity index (χ3v) is 5.34. The van der Waals surface area contributed by atoms with Crippen molar-refractivity contribution in [2.75, 3.05) is 0 Å². The van der Waals surface area contributed by atoms with Crippen LogP contribution in [0.2, 0.25) is 10.6 Å². The minimum Gasteiger partial charge on any atom is -1.00 e. The van der Waals surface area contributed by atoms with Gasteiger partial charge in [-0.15, -0.1) is 0 Å². The van der Waals surface area contributed by atoms with E-state index in [2.05, 4.69) is 55.4 Å². The van der Waals surface area contributed by atoms with Crippen molar-refractivity contribution >= 4 is 15.2 Å². The average molecular weight is 254 g/mol. The van der Waals surface area contributed by atoms with Gasteiger partial charge in [0.05, 0.1) is 0 Å². The zero-order valence-electron chi connectivity index (χ0n) is 14.6. The Hall–Kier alpha value is 0.532. The predicted octanol–water partition coefficient (Wildman–Crippen LogP) is 5.78. The fourth-order valence-corrected chi connectivity index (χ4v) is 4.59. The monoisotopic (exact) mass is 254 g/mol. The van der Waals surface area contributed by atoms with Gasteiger partial charge < -0.3 is 1.43 Å².